The molecule has 0 saturated heterocycles. The van der Waals surface area contributed by atoms with Crippen molar-refractivity contribution in [3.05, 3.63) is 60.0 Å². The lowest BCUT2D eigenvalue weighted by atomic mass is 10.2. The van der Waals surface area contributed by atoms with Crippen molar-refractivity contribution in [3.63, 3.8) is 0 Å². The topological polar surface area (TPSA) is 69.4 Å². The molecule has 1 heterocycles. The van der Waals surface area contributed by atoms with Crippen LogP contribution in [0.25, 0.3) is 11.5 Å². The highest BCUT2D eigenvalue weighted by Crippen LogP contribution is 2.21. The van der Waals surface area contributed by atoms with Crippen LogP contribution >= 0.6 is 0 Å². The molecule has 2 aromatic carbocycles. The third-order valence-corrected chi connectivity index (χ3v) is 3.57. The van der Waals surface area contributed by atoms with Crippen molar-refractivity contribution in [2.75, 3.05) is 14.2 Å². The molecule has 0 unspecified atom stereocenters. The van der Waals surface area contributed by atoms with Gasteiger partial charge in [-0.1, -0.05) is 12.1 Å². The standard InChI is InChI=1S/C18H19N3O3/c1-22-15-7-3-13(4-8-15)11-19-12-17-20-21-18(24-17)14-5-9-16(23-2)10-6-14/h3-10,19H,11-12H2,1-2H3. The highest BCUT2D eigenvalue weighted by Gasteiger charge is 2.08. The molecule has 0 aliphatic rings. The van der Waals surface area contributed by atoms with E-state index in [2.05, 4.69) is 15.5 Å². The molecule has 1 aromatic heterocycles. The van der Waals surface area contributed by atoms with Crippen molar-refractivity contribution in [1.29, 1.82) is 0 Å². The second-order valence-corrected chi connectivity index (χ2v) is 5.18. The lowest BCUT2D eigenvalue weighted by Crippen LogP contribution is -2.12. The summed E-state index contributed by atoms with van der Waals surface area (Å²) < 4.78 is 15.9. The van der Waals surface area contributed by atoms with E-state index in [9.17, 15) is 0 Å². The van der Waals surface area contributed by atoms with Gasteiger partial charge in [0.1, 0.15) is 11.5 Å². The van der Waals surface area contributed by atoms with Crippen LogP contribution in [-0.4, -0.2) is 24.4 Å². The molecule has 6 heteroatoms. The summed E-state index contributed by atoms with van der Waals surface area (Å²) in [7, 11) is 3.29. The average molecular weight is 325 g/mol. The van der Waals surface area contributed by atoms with Crippen molar-refractivity contribution in [3.8, 4) is 23.0 Å². The van der Waals surface area contributed by atoms with E-state index >= 15 is 0 Å². The van der Waals surface area contributed by atoms with Gasteiger partial charge < -0.3 is 19.2 Å². The second-order valence-electron chi connectivity index (χ2n) is 5.18. The van der Waals surface area contributed by atoms with E-state index in [-0.39, 0.29) is 0 Å². The number of nitrogens with zero attached hydrogens (tertiary/aromatic N) is 2. The van der Waals surface area contributed by atoms with Gasteiger partial charge in [0, 0.05) is 12.1 Å². The molecular formula is C18H19N3O3. The summed E-state index contributed by atoms with van der Waals surface area (Å²) in [5, 5.41) is 11.4. The summed E-state index contributed by atoms with van der Waals surface area (Å²) in [5.74, 6) is 2.69. The van der Waals surface area contributed by atoms with Gasteiger partial charge in [-0.25, -0.2) is 0 Å². The van der Waals surface area contributed by atoms with Crippen LogP contribution in [-0.2, 0) is 13.1 Å². The Hall–Kier alpha value is -2.86. The fourth-order valence-electron chi connectivity index (χ4n) is 2.23. The molecule has 0 amide bonds. The number of methoxy groups -OCH3 is 2. The molecule has 0 atom stereocenters. The van der Waals surface area contributed by atoms with Gasteiger partial charge >= 0.3 is 0 Å². The van der Waals surface area contributed by atoms with E-state index in [0.717, 1.165) is 22.6 Å². The lowest BCUT2D eigenvalue weighted by Gasteiger charge is -2.04. The Balaban J connectivity index is 1.55. The fourth-order valence-corrected chi connectivity index (χ4v) is 2.23. The predicted molar refractivity (Wildman–Crippen MR) is 89.8 cm³/mol. The van der Waals surface area contributed by atoms with Crippen LogP contribution in [0.3, 0.4) is 0 Å². The zero-order valence-electron chi connectivity index (χ0n) is 13.7. The molecule has 3 rings (SSSR count). The van der Waals surface area contributed by atoms with Crippen LogP contribution in [0.5, 0.6) is 11.5 Å². The Labute approximate surface area is 140 Å². The number of benzene rings is 2. The summed E-state index contributed by atoms with van der Waals surface area (Å²) in [4.78, 5) is 0. The van der Waals surface area contributed by atoms with Crippen molar-refractivity contribution in [2.45, 2.75) is 13.1 Å². The molecule has 0 fully saturated rings. The molecule has 0 aliphatic heterocycles. The summed E-state index contributed by atoms with van der Waals surface area (Å²) >= 11 is 0. The number of hydrogen-bond acceptors (Lipinski definition) is 6. The molecule has 24 heavy (non-hydrogen) atoms. The summed E-state index contributed by atoms with van der Waals surface area (Å²) in [5.41, 5.74) is 2.02. The van der Waals surface area contributed by atoms with Crippen LogP contribution < -0.4 is 14.8 Å². The molecule has 124 valence electrons. The average Bonchev–Trinajstić information content (AvgIpc) is 3.11. The first-order valence-electron chi connectivity index (χ1n) is 7.59. The van der Waals surface area contributed by atoms with Crippen molar-refractivity contribution in [1.82, 2.24) is 15.5 Å². The Bertz CT molecular complexity index is 767. The van der Waals surface area contributed by atoms with Crippen LogP contribution in [0.1, 0.15) is 11.5 Å². The Morgan fingerprint density at radius 3 is 2.08 bits per heavy atom. The number of hydrogen-bond donors (Lipinski definition) is 1. The smallest absolute Gasteiger partial charge is 0.247 e. The van der Waals surface area contributed by atoms with E-state index in [4.69, 9.17) is 13.9 Å². The first-order chi connectivity index (χ1) is 11.8. The Morgan fingerprint density at radius 1 is 0.833 bits per heavy atom. The first-order valence-corrected chi connectivity index (χ1v) is 7.59. The minimum atomic E-state index is 0.499. The summed E-state index contributed by atoms with van der Waals surface area (Å²) in [6, 6.07) is 15.4. The third kappa shape index (κ3) is 3.91. The third-order valence-electron chi connectivity index (χ3n) is 3.57. The zero-order chi connectivity index (χ0) is 16.8. The monoisotopic (exact) mass is 325 g/mol. The van der Waals surface area contributed by atoms with Gasteiger partial charge in [0.15, 0.2) is 0 Å². The summed E-state index contributed by atoms with van der Waals surface area (Å²) in [6.45, 7) is 1.22. The molecule has 0 radical (unpaired) electrons. The summed E-state index contributed by atoms with van der Waals surface area (Å²) in [6.07, 6.45) is 0. The predicted octanol–water partition coefficient (Wildman–Crippen LogP) is 3.04. The number of rotatable bonds is 7. The Kier molecular flexibility index (Phi) is 5.08. The highest BCUT2D eigenvalue weighted by atomic mass is 16.5. The van der Waals surface area contributed by atoms with Crippen LogP contribution in [0, 0.1) is 0 Å². The zero-order valence-corrected chi connectivity index (χ0v) is 13.7. The first kappa shape index (κ1) is 16.0. The Morgan fingerprint density at radius 2 is 1.46 bits per heavy atom. The molecule has 1 N–H and O–H groups in total. The van der Waals surface area contributed by atoms with E-state index in [0.29, 0.717) is 24.9 Å². The SMILES string of the molecule is COc1ccc(CNCc2nnc(-c3ccc(OC)cc3)o2)cc1. The van der Waals surface area contributed by atoms with Crippen molar-refractivity contribution >= 4 is 0 Å². The maximum absolute atomic E-state index is 5.67. The number of ether oxygens (including phenoxy) is 2. The van der Waals surface area contributed by atoms with Crippen LogP contribution in [0.15, 0.2) is 52.9 Å². The van der Waals surface area contributed by atoms with Gasteiger partial charge in [-0.05, 0) is 42.0 Å². The number of aromatic nitrogens is 2. The van der Waals surface area contributed by atoms with Gasteiger partial charge in [0.05, 0.1) is 20.8 Å². The fraction of sp³-hybridized carbons (Fsp3) is 0.222. The van der Waals surface area contributed by atoms with Gasteiger partial charge in [0.25, 0.3) is 0 Å². The maximum Gasteiger partial charge on any atom is 0.247 e. The van der Waals surface area contributed by atoms with E-state index < -0.39 is 0 Å². The molecular weight excluding hydrogens is 306 g/mol. The van der Waals surface area contributed by atoms with Gasteiger partial charge in [0.2, 0.25) is 11.8 Å². The van der Waals surface area contributed by atoms with E-state index in [1.54, 1.807) is 14.2 Å². The molecule has 0 bridgehead atoms. The molecule has 0 saturated carbocycles. The van der Waals surface area contributed by atoms with E-state index in [1.165, 1.54) is 0 Å². The van der Waals surface area contributed by atoms with Gasteiger partial charge in [-0.2, -0.15) is 0 Å². The molecule has 0 spiro atoms. The van der Waals surface area contributed by atoms with Crippen molar-refractivity contribution < 1.29 is 13.9 Å². The maximum atomic E-state index is 5.67. The molecule has 3 aromatic rings. The van der Waals surface area contributed by atoms with E-state index in [1.807, 2.05) is 48.5 Å². The van der Waals surface area contributed by atoms with Gasteiger partial charge in [-0.3, -0.25) is 0 Å². The number of nitrogens with one attached hydrogen (secondary N) is 1. The van der Waals surface area contributed by atoms with Crippen LogP contribution in [0.2, 0.25) is 0 Å². The van der Waals surface area contributed by atoms with Gasteiger partial charge in [-0.15, -0.1) is 10.2 Å². The van der Waals surface area contributed by atoms with Crippen LogP contribution in [0.4, 0.5) is 0 Å². The normalized spacial score (nSPS) is 10.6. The largest absolute Gasteiger partial charge is 0.497 e. The lowest BCUT2D eigenvalue weighted by molar-refractivity contribution is 0.414. The second kappa shape index (κ2) is 7.61. The molecule has 0 aliphatic carbocycles. The molecule has 6 nitrogen and oxygen atoms in total. The van der Waals surface area contributed by atoms with Crippen molar-refractivity contribution in [2.24, 2.45) is 0 Å². The quantitative estimate of drug-likeness (QED) is 0.720. The minimum absolute atomic E-state index is 0.499. The highest BCUT2D eigenvalue weighted by molar-refractivity contribution is 5.53. The minimum Gasteiger partial charge on any atom is -0.497 e.